The SMILES string of the molecule is CC1CN(c2ccccc2F)CCN1C(=O)Nc1ccc(C(N)=O)c(F)c1. The molecule has 0 bridgehead atoms. The molecule has 1 saturated heterocycles. The predicted molar refractivity (Wildman–Crippen MR) is 98.7 cm³/mol. The van der Waals surface area contributed by atoms with E-state index in [1.807, 2.05) is 11.8 Å². The van der Waals surface area contributed by atoms with Gasteiger partial charge in [-0.15, -0.1) is 0 Å². The van der Waals surface area contributed by atoms with Gasteiger partial charge in [0.15, 0.2) is 0 Å². The lowest BCUT2D eigenvalue weighted by Crippen LogP contribution is -2.55. The molecule has 3 rings (SSSR count). The number of nitrogens with one attached hydrogen (secondary N) is 1. The van der Waals surface area contributed by atoms with E-state index >= 15 is 0 Å². The lowest BCUT2D eigenvalue weighted by molar-refractivity contribution is 0.0996. The van der Waals surface area contributed by atoms with Crippen molar-refractivity contribution >= 4 is 23.3 Å². The third-order valence-corrected chi connectivity index (χ3v) is 4.57. The number of hydrogen-bond acceptors (Lipinski definition) is 3. The van der Waals surface area contributed by atoms with E-state index in [-0.39, 0.29) is 29.1 Å². The lowest BCUT2D eigenvalue weighted by atomic mass is 10.1. The van der Waals surface area contributed by atoms with Gasteiger partial charge in [-0.3, -0.25) is 4.79 Å². The lowest BCUT2D eigenvalue weighted by Gasteiger charge is -2.40. The number of para-hydroxylation sites is 1. The summed E-state index contributed by atoms with van der Waals surface area (Å²) in [4.78, 5) is 27.1. The molecule has 0 aromatic heterocycles. The number of nitrogens with zero attached hydrogens (tertiary/aromatic N) is 2. The minimum Gasteiger partial charge on any atom is -0.366 e. The molecule has 2 aromatic rings. The number of halogens is 2. The third kappa shape index (κ3) is 3.99. The Morgan fingerprint density at radius 3 is 2.48 bits per heavy atom. The number of carbonyl (C=O) groups is 2. The number of nitrogens with two attached hydrogens (primary N) is 1. The average Bonchev–Trinajstić information content (AvgIpc) is 2.61. The van der Waals surface area contributed by atoms with Crippen LogP contribution in [0.3, 0.4) is 0 Å². The summed E-state index contributed by atoms with van der Waals surface area (Å²) in [6, 6.07) is 9.66. The second kappa shape index (κ2) is 7.61. The summed E-state index contributed by atoms with van der Waals surface area (Å²) in [6.45, 7) is 3.21. The Balaban J connectivity index is 1.66. The van der Waals surface area contributed by atoms with Crippen molar-refractivity contribution in [3.05, 3.63) is 59.7 Å². The van der Waals surface area contributed by atoms with Gasteiger partial charge >= 0.3 is 6.03 Å². The quantitative estimate of drug-likeness (QED) is 0.867. The van der Waals surface area contributed by atoms with Crippen molar-refractivity contribution < 1.29 is 18.4 Å². The minimum atomic E-state index is -0.872. The maximum Gasteiger partial charge on any atom is 0.322 e. The smallest absolute Gasteiger partial charge is 0.322 e. The van der Waals surface area contributed by atoms with Gasteiger partial charge in [0.05, 0.1) is 11.3 Å². The first kappa shape index (κ1) is 18.6. The summed E-state index contributed by atoms with van der Waals surface area (Å²) >= 11 is 0. The third-order valence-electron chi connectivity index (χ3n) is 4.57. The van der Waals surface area contributed by atoms with Crippen molar-refractivity contribution in [1.29, 1.82) is 0 Å². The first-order valence-electron chi connectivity index (χ1n) is 8.53. The van der Waals surface area contributed by atoms with Crippen molar-refractivity contribution in [3.63, 3.8) is 0 Å². The molecule has 3 amide bonds. The second-order valence-electron chi connectivity index (χ2n) is 6.43. The Labute approximate surface area is 155 Å². The van der Waals surface area contributed by atoms with Crippen LogP contribution in [0.25, 0.3) is 0 Å². The molecule has 8 heteroatoms. The molecule has 3 N–H and O–H groups in total. The highest BCUT2D eigenvalue weighted by molar-refractivity contribution is 5.94. The van der Waals surface area contributed by atoms with Crippen LogP contribution in [0.2, 0.25) is 0 Å². The number of piperazine rings is 1. The number of amides is 3. The summed E-state index contributed by atoms with van der Waals surface area (Å²) < 4.78 is 27.8. The summed E-state index contributed by atoms with van der Waals surface area (Å²) in [7, 11) is 0. The zero-order valence-corrected chi connectivity index (χ0v) is 14.8. The van der Waals surface area contributed by atoms with Crippen LogP contribution in [0.15, 0.2) is 42.5 Å². The molecule has 1 unspecified atom stereocenters. The van der Waals surface area contributed by atoms with Crippen LogP contribution >= 0.6 is 0 Å². The Hall–Kier alpha value is -3.16. The zero-order valence-electron chi connectivity index (χ0n) is 14.8. The number of carbonyl (C=O) groups excluding carboxylic acids is 2. The number of benzene rings is 2. The molecule has 1 aliphatic heterocycles. The van der Waals surface area contributed by atoms with Gasteiger partial charge in [-0.25, -0.2) is 13.6 Å². The maximum atomic E-state index is 14.0. The molecule has 0 spiro atoms. The fraction of sp³-hybridized carbons (Fsp3) is 0.263. The molecule has 1 heterocycles. The normalized spacial score (nSPS) is 16.9. The molecule has 27 heavy (non-hydrogen) atoms. The van der Waals surface area contributed by atoms with E-state index in [9.17, 15) is 18.4 Å². The fourth-order valence-electron chi connectivity index (χ4n) is 3.17. The summed E-state index contributed by atoms with van der Waals surface area (Å²) in [5.41, 5.74) is 5.57. The molecule has 1 atom stereocenters. The molecule has 6 nitrogen and oxygen atoms in total. The first-order chi connectivity index (χ1) is 12.9. The molecule has 1 fully saturated rings. The topological polar surface area (TPSA) is 78.7 Å². The van der Waals surface area contributed by atoms with Crippen LogP contribution < -0.4 is 16.0 Å². The van der Waals surface area contributed by atoms with Crippen molar-refractivity contribution in [1.82, 2.24) is 4.90 Å². The Morgan fingerprint density at radius 2 is 1.85 bits per heavy atom. The van der Waals surface area contributed by atoms with Gasteiger partial charge in [-0.05, 0) is 37.3 Å². The predicted octanol–water partition coefficient (Wildman–Crippen LogP) is 2.81. The number of rotatable bonds is 3. The van der Waals surface area contributed by atoms with Gasteiger partial charge in [0.2, 0.25) is 0 Å². The Kier molecular flexibility index (Phi) is 5.25. The highest BCUT2D eigenvalue weighted by Gasteiger charge is 2.28. The number of anilines is 2. The number of primary amides is 1. The van der Waals surface area contributed by atoms with E-state index < -0.39 is 11.7 Å². The Morgan fingerprint density at radius 1 is 1.11 bits per heavy atom. The highest BCUT2D eigenvalue weighted by atomic mass is 19.1. The maximum absolute atomic E-state index is 14.0. The van der Waals surface area contributed by atoms with Gasteiger partial charge in [-0.1, -0.05) is 12.1 Å². The standard InChI is InChI=1S/C19H20F2N4O2/c1-12-11-24(17-5-3-2-4-15(17)20)8-9-25(12)19(27)23-13-6-7-14(18(22)26)16(21)10-13/h2-7,10,12H,8-9,11H2,1H3,(H2,22,26)(H,23,27). The van der Waals surface area contributed by atoms with Crippen LogP contribution in [0, 0.1) is 11.6 Å². The molecular formula is C19H20F2N4O2. The van der Waals surface area contributed by atoms with Gasteiger partial charge < -0.3 is 20.9 Å². The van der Waals surface area contributed by atoms with E-state index in [4.69, 9.17) is 5.73 Å². The largest absolute Gasteiger partial charge is 0.366 e. The minimum absolute atomic E-state index is 0.173. The molecule has 1 aliphatic rings. The summed E-state index contributed by atoms with van der Waals surface area (Å²) in [5.74, 6) is -1.96. The monoisotopic (exact) mass is 374 g/mol. The molecular weight excluding hydrogens is 354 g/mol. The van der Waals surface area contributed by atoms with Crippen molar-refractivity contribution in [3.8, 4) is 0 Å². The van der Waals surface area contributed by atoms with Crippen molar-refractivity contribution in [2.75, 3.05) is 29.9 Å². The van der Waals surface area contributed by atoms with Gasteiger partial charge in [0.25, 0.3) is 5.91 Å². The molecule has 0 radical (unpaired) electrons. The van der Waals surface area contributed by atoms with E-state index in [1.165, 1.54) is 18.2 Å². The van der Waals surface area contributed by atoms with Crippen LogP contribution in [-0.2, 0) is 0 Å². The van der Waals surface area contributed by atoms with Crippen LogP contribution in [0.5, 0.6) is 0 Å². The van der Waals surface area contributed by atoms with Gasteiger partial charge in [-0.2, -0.15) is 0 Å². The van der Waals surface area contributed by atoms with Gasteiger partial charge in [0, 0.05) is 31.4 Å². The van der Waals surface area contributed by atoms with E-state index in [1.54, 1.807) is 23.1 Å². The fourth-order valence-corrected chi connectivity index (χ4v) is 3.17. The molecule has 2 aromatic carbocycles. The average molecular weight is 374 g/mol. The molecule has 142 valence electrons. The highest BCUT2D eigenvalue weighted by Crippen LogP contribution is 2.23. The van der Waals surface area contributed by atoms with Gasteiger partial charge in [0.1, 0.15) is 11.6 Å². The second-order valence-corrected chi connectivity index (χ2v) is 6.43. The molecule has 0 saturated carbocycles. The first-order valence-corrected chi connectivity index (χ1v) is 8.53. The summed E-state index contributed by atoms with van der Waals surface area (Å²) in [5, 5.41) is 2.62. The van der Waals surface area contributed by atoms with Crippen LogP contribution in [0.4, 0.5) is 25.0 Å². The number of hydrogen-bond donors (Lipinski definition) is 2. The van der Waals surface area contributed by atoms with E-state index in [0.717, 1.165) is 6.07 Å². The van der Waals surface area contributed by atoms with Crippen LogP contribution in [0.1, 0.15) is 17.3 Å². The van der Waals surface area contributed by atoms with E-state index in [0.29, 0.717) is 25.3 Å². The van der Waals surface area contributed by atoms with Crippen molar-refractivity contribution in [2.24, 2.45) is 5.73 Å². The van der Waals surface area contributed by atoms with Crippen LogP contribution in [-0.4, -0.2) is 42.5 Å². The number of urea groups is 1. The molecule has 0 aliphatic carbocycles. The zero-order chi connectivity index (χ0) is 19.6. The Bertz CT molecular complexity index is 875. The summed E-state index contributed by atoms with van der Waals surface area (Å²) in [6.07, 6.45) is 0. The van der Waals surface area contributed by atoms with E-state index in [2.05, 4.69) is 5.32 Å². The van der Waals surface area contributed by atoms with Crippen molar-refractivity contribution in [2.45, 2.75) is 13.0 Å².